The van der Waals surface area contributed by atoms with Gasteiger partial charge in [0.2, 0.25) is 5.91 Å². The summed E-state index contributed by atoms with van der Waals surface area (Å²) < 4.78 is 27.4. The number of carbonyl (C=O) groups excluding carboxylic acids is 3. The molecule has 4 rings (SSSR count). The van der Waals surface area contributed by atoms with E-state index in [0.717, 1.165) is 16.5 Å². The van der Waals surface area contributed by atoms with Gasteiger partial charge in [0.1, 0.15) is 17.2 Å². The summed E-state index contributed by atoms with van der Waals surface area (Å²) >= 11 is 5.95. The molecule has 2 aliphatic heterocycles. The number of hydrogen-bond donors (Lipinski definition) is 1. The van der Waals surface area contributed by atoms with Crippen LogP contribution >= 0.6 is 11.6 Å². The Bertz CT molecular complexity index is 1230. The molecule has 4 amide bonds. The van der Waals surface area contributed by atoms with E-state index < -0.39 is 23.3 Å². The van der Waals surface area contributed by atoms with Crippen LogP contribution in [0.3, 0.4) is 0 Å². The first-order valence-corrected chi connectivity index (χ1v) is 12.0. The van der Waals surface area contributed by atoms with E-state index in [1.54, 1.807) is 30.9 Å². The first-order valence-electron chi connectivity index (χ1n) is 11.6. The van der Waals surface area contributed by atoms with Crippen LogP contribution in [0.15, 0.2) is 42.5 Å². The molecule has 190 valence electrons. The van der Waals surface area contributed by atoms with Crippen LogP contribution < -0.4 is 10.2 Å². The van der Waals surface area contributed by atoms with Crippen LogP contribution in [-0.4, -0.2) is 58.9 Å². The summed E-state index contributed by atoms with van der Waals surface area (Å²) in [6.45, 7) is 7.47. The van der Waals surface area contributed by atoms with E-state index in [0.29, 0.717) is 26.2 Å². The molecule has 1 atom stereocenters. The molecule has 0 spiro atoms. The molecular formula is C26H27ClF2N4O3. The van der Waals surface area contributed by atoms with E-state index in [1.165, 1.54) is 30.4 Å². The van der Waals surface area contributed by atoms with Crippen molar-refractivity contribution in [2.45, 2.75) is 38.9 Å². The van der Waals surface area contributed by atoms with Crippen LogP contribution in [0.4, 0.5) is 19.3 Å². The highest BCUT2D eigenvalue weighted by Gasteiger charge is 2.45. The number of amides is 4. The molecule has 1 N–H and O–H groups in total. The summed E-state index contributed by atoms with van der Waals surface area (Å²) in [6, 6.07) is 7.90. The van der Waals surface area contributed by atoms with E-state index in [-0.39, 0.29) is 34.0 Å². The van der Waals surface area contributed by atoms with Crippen LogP contribution in [0.25, 0.3) is 6.08 Å². The summed E-state index contributed by atoms with van der Waals surface area (Å²) in [5, 5.41) is 2.33. The quantitative estimate of drug-likeness (QED) is 0.477. The van der Waals surface area contributed by atoms with Gasteiger partial charge in [0.05, 0.1) is 10.7 Å². The SMILES string of the molecule is C[C@@H]1CN(Cc2ccc(F)cc2)CCN1C(=O)C=Cc1cc(F)c(Cl)cc1N1C(=O)NC(C)(C)C1=O. The molecule has 10 heteroatoms. The molecule has 36 heavy (non-hydrogen) atoms. The van der Waals surface area contributed by atoms with Crippen molar-refractivity contribution in [1.29, 1.82) is 0 Å². The number of hydrogen-bond acceptors (Lipinski definition) is 4. The molecule has 2 fully saturated rings. The topological polar surface area (TPSA) is 73.0 Å². The minimum Gasteiger partial charge on any atom is -0.334 e. The molecule has 0 radical (unpaired) electrons. The molecule has 0 unspecified atom stereocenters. The van der Waals surface area contributed by atoms with Crippen LogP contribution in [0.1, 0.15) is 31.9 Å². The van der Waals surface area contributed by atoms with Crippen molar-refractivity contribution in [1.82, 2.24) is 15.1 Å². The van der Waals surface area contributed by atoms with E-state index in [1.807, 2.05) is 6.92 Å². The Labute approximate surface area is 213 Å². The smallest absolute Gasteiger partial charge is 0.329 e. The third-order valence-electron chi connectivity index (χ3n) is 6.39. The fourth-order valence-electron chi connectivity index (χ4n) is 4.45. The standard InChI is InChI=1S/C26H27ClF2N4O3/c1-16-14-31(15-17-4-7-19(28)8-5-17)10-11-32(16)23(34)9-6-18-12-21(29)20(27)13-22(18)33-24(35)26(2,3)30-25(33)36/h4-9,12-13,16H,10-11,14-15H2,1-3H3,(H,30,36)/t16-/m1/s1. The minimum atomic E-state index is -1.13. The fourth-order valence-corrected chi connectivity index (χ4v) is 4.61. The third-order valence-corrected chi connectivity index (χ3v) is 6.68. The summed E-state index contributed by atoms with van der Waals surface area (Å²) in [5.41, 5.74) is 0.131. The molecule has 0 saturated carbocycles. The predicted molar refractivity (Wildman–Crippen MR) is 133 cm³/mol. The molecule has 0 aromatic heterocycles. The maximum absolute atomic E-state index is 14.3. The molecular weight excluding hydrogens is 490 g/mol. The van der Waals surface area contributed by atoms with Crippen molar-refractivity contribution in [2.24, 2.45) is 0 Å². The maximum atomic E-state index is 14.3. The van der Waals surface area contributed by atoms with E-state index in [9.17, 15) is 23.2 Å². The van der Waals surface area contributed by atoms with Gasteiger partial charge in [0.15, 0.2) is 0 Å². The zero-order valence-electron chi connectivity index (χ0n) is 20.2. The number of anilines is 1. The number of urea groups is 1. The Balaban J connectivity index is 1.48. The normalized spacial score (nSPS) is 20.3. The van der Waals surface area contributed by atoms with Crippen molar-refractivity contribution in [3.05, 3.63) is 70.3 Å². The number of carbonyl (C=O) groups is 3. The largest absolute Gasteiger partial charge is 0.334 e. The van der Waals surface area contributed by atoms with Crippen LogP contribution in [0.2, 0.25) is 5.02 Å². The lowest BCUT2D eigenvalue weighted by atomic mass is 10.1. The lowest BCUT2D eigenvalue weighted by Crippen LogP contribution is -2.53. The number of halogens is 3. The van der Waals surface area contributed by atoms with Crippen molar-refractivity contribution in [2.75, 3.05) is 24.5 Å². The van der Waals surface area contributed by atoms with E-state index in [4.69, 9.17) is 11.6 Å². The van der Waals surface area contributed by atoms with Crippen LogP contribution in [0.5, 0.6) is 0 Å². The van der Waals surface area contributed by atoms with Crippen LogP contribution in [-0.2, 0) is 16.1 Å². The Morgan fingerprint density at radius 3 is 2.47 bits per heavy atom. The van der Waals surface area contributed by atoms with Gasteiger partial charge in [-0.1, -0.05) is 23.7 Å². The minimum absolute atomic E-state index is 0.0930. The average molecular weight is 517 g/mol. The predicted octanol–water partition coefficient (Wildman–Crippen LogP) is 4.20. The third kappa shape index (κ3) is 5.27. The van der Waals surface area contributed by atoms with Gasteiger partial charge < -0.3 is 10.2 Å². The lowest BCUT2D eigenvalue weighted by molar-refractivity contribution is -0.130. The first-order chi connectivity index (χ1) is 17.0. The van der Waals surface area contributed by atoms with E-state index in [2.05, 4.69) is 10.2 Å². The van der Waals surface area contributed by atoms with Crippen molar-refractivity contribution < 1.29 is 23.2 Å². The summed E-state index contributed by atoms with van der Waals surface area (Å²) in [7, 11) is 0. The Morgan fingerprint density at radius 2 is 1.86 bits per heavy atom. The summed E-state index contributed by atoms with van der Waals surface area (Å²) in [4.78, 5) is 43.1. The number of nitrogens with one attached hydrogen (secondary N) is 1. The zero-order chi connectivity index (χ0) is 26.2. The van der Waals surface area contributed by atoms with Crippen molar-refractivity contribution in [3.63, 3.8) is 0 Å². The Kier molecular flexibility index (Phi) is 7.15. The molecule has 2 aromatic rings. The highest BCUT2D eigenvalue weighted by Crippen LogP contribution is 2.32. The van der Waals surface area contributed by atoms with Gasteiger partial charge in [-0.2, -0.15) is 0 Å². The summed E-state index contributed by atoms with van der Waals surface area (Å²) in [5.74, 6) is -1.80. The number of nitrogens with zero attached hydrogens (tertiary/aromatic N) is 3. The maximum Gasteiger partial charge on any atom is 0.329 e. The average Bonchev–Trinajstić information content (AvgIpc) is 3.02. The highest BCUT2D eigenvalue weighted by molar-refractivity contribution is 6.32. The van der Waals surface area contributed by atoms with Gasteiger partial charge in [-0.3, -0.25) is 14.5 Å². The molecule has 0 bridgehead atoms. The molecule has 2 heterocycles. The lowest BCUT2D eigenvalue weighted by Gasteiger charge is -2.39. The second-order valence-corrected chi connectivity index (χ2v) is 10.0. The number of benzene rings is 2. The van der Waals surface area contributed by atoms with Crippen LogP contribution in [0, 0.1) is 11.6 Å². The molecule has 0 aliphatic carbocycles. The molecule has 2 saturated heterocycles. The Morgan fingerprint density at radius 1 is 1.17 bits per heavy atom. The van der Waals surface area contributed by atoms with Gasteiger partial charge >= 0.3 is 6.03 Å². The second kappa shape index (κ2) is 9.99. The highest BCUT2D eigenvalue weighted by atomic mass is 35.5. The zero-order valence-corrected chi connectivity index (χ0v) is 21.0. The van der Waals surface area contributed by atoms with Crippen molar-refractivity contribution in [3.8, 4) is 0 Å². The Hall–Kier alpha value is -3.30. The van der Waals surface area contributed by atoms with Gasteiger partial charge in [-0.05, 0) is 56.7 Å². The first kappa shape index (κ1) is 25.8. The number of imide groups is 1. The molecule has 7 nitrogen and oxygen atoms in total. The second-order valence-electron chi connectivity index (χ2n) is 9.60. The fraction of sp³-hybridized carbons (Fsp3) is 0.346. The summed E-state index contributed by atoms with van der Waals surface area (Å²) in [6.07, 6.45) is 2.70. The molecule has 2 aromatic carbocycles. The monoisotopic (exact) mass is 516 g/mol. The van der Waals surface area contributed by atoms with E-state index >= 15 is 0 Å². The number of rotatable bonds is 5. The van der Waals surface area contributed by atoms with Gasteiger partial charge in [0, 0.05) is 43.9 Å². The molecule has 2 aliphatic rings. The van der Waals surface area contributed by atoms with Gasteiger partial charge in [-0.25, -0.2) is 18.5 Å². The van der Waals surface area contributed by atoms with Gasteiger partial charge in [0.25, 0.3) is 5.91 Å². The van der Waals surface area contributed by atoms with Crippen molar-refractivity contribution >= 4 is 41.2 Å². The number of piperazine rings is 1. The van der Waals surface area contributed by atoms with Gasteiger partial charge in [-0.15, -0.1) is 0 Å².